The number of hydrogen-bond acceptors (Lipinski definition) is 5. The second kappa shape index (κ2) is 12.6. The first kappa shape index (κ1) is 27.9. The first-order chi connectivity index (χ1) is 18.8. The Morgan fingerprint density at radius 1 is 1.05 bits per heavy atom. The maximum Gasteiger partial charge on any atom is 0.411 e. The molecule has 1 amide bonds. The lowest BCUT2D eigenvalue weighted by Gasteiger charge is -2.38. The van der Waals surface area contributed by atoms with Gasteiger partial charge in [-0.3, -0.25) is 5.32 Å². The van der Waals surface area contributed by atoms with E-state index in [0.717, 1.165) is 23.1 Å². The molecule has 0 aliphatic carbocycles. The average molecular weight is 532 g/mol. The monoisotopic (exact) mass is 531 g/mol. The molecular formula is C32H34FNO5. The van der Waals surface area contributed by atoms with Gasteiger partial charge in [0.15, 0.2) is 0 Å². The number of aryl methyl sites for hydroxylation is 1. The molecule has 39 heavy (non-hydrogen) atoms. The molecule has 3 aromatic carbocycles. The number of ether oxygens (including phenoxy) is 2. The summed E-state index contributed by atoms with van der Waals surface area (Å²) < 4.78 is 24.6. The number of nitrogens with one attached hydrogen (secondary N) is 1. The van der Waals surface area contributed by atoms with Crippen LogP contribution in [-0.4, -0.2) is 22.8 Å². The molecule has 0 spiro atoms. The van der Waals surface area contributed by atoms with Gasteiger partial charge in [0.2, 0.25) is 0 Å². The highest BCUT2D eigenvalue weighted by atomic mass is 19.1. The van der Waals surface area contributed by atoms with Crippen LogP contribution < -0.4 is 5.32 Å². The fourth-order valence-corrected chi connectivity index (χ4v) is 5.04. The molecule has 2 atom stereocenters. The van der Waals surface area contributed by atoms with E-state index in [1.54, 1.807) is 30.3 Å². The predicted molar refractivity (Wildman–Crippen MR) is 148 cm³/mol. The molecule has 2 N–H and O–H groups in total. The van der Waals surface area contributed by atoms with Crippen molar-refractivity contribution in [3.63, 3.8) is 0 Å². The van der Waals surface area contributed by atoms with E-state index < -0.39 is 23.6 Å². The highest BCUT2D eigenvalue weighted by Crippen LogP contribution is 2.41. The number of cyclic esters (lactones) is 1. The van der Waals surface area contributed by atoms with Crippen molar-refractivity contribution in [2.75, 3.05) is 5.32 Å². The van der Waals surface area contributed by atoms with E-state index in [2.05, 4.69) is 5.32 Å². The van der Waals surface area contributed by atoms with Crippen LogP contribution in [0.25, 0.3) is 0 Å². The fourth-order valence-electron chi connectivity index (χ4n) is 5.04. The van der Waals surface area contributed by atoms with Crippen LogP contribution in [0.2, 0.25) is 0 Å². The summed E-state index contributed by atoms with van der Waals surface area (Å²) in [7, 11) is 0. The van der Waals surface area contributed by atoms with Gasteiger partial charge in [-0.25, -0.2) is 14.0 Å². The average Bonchev–Trinajstić information content (AvgIpc) is 2.92. The summed E-state index contributed by atoms with van der Waals surface area (Å²) in [5, 5.41) is 13.8. The molecule has 4 rings (SSSR count). The fraction of sp³-hybridized carbons (Fsp3) is 0.312. The third kappa shape index (κ3) is 7.25. The lowest BCUT2D eigenvalue weighted by molar-refractivity contribution is -0.161. The minimum absolute atomic E-state index is 0.0203. The molecule has 7 heteroatoms. The number of carbonyl (C=O) groups excluding carboxylic acids is 2. The minimum atomic E-state index is -0.820. The van der Waals surface area contributed by atoms with Gasteiger partial charge in [-0.1, -0.05) is 74.9 Å². The molecule has 3 aromatic rings. The Labute approximate surface area is 228 Å². The minimum Gasteiger partial charge on any atom is -0.512 e. The van der Waals surface area contributed by atoms with Crippen LogP contribution in [0.1, 0.15) is 62.1 Å². The first-order valence-electron chi connectivity index (χ1n) is 13.3. The van der Waals surface area contributed by atoms with Crippen LogP contribution in [0, 0.1) is 5.82 Å². The number of aliphatic hydroxyl groups excluding tert-OH is 1. The number of aliphatic hydroxyl groups is 1. The van der Waals surface area contributed by atoms with Gasteiger partial charge in [-0.2, -0.15) is 0 Å². The zero-order valence-electron chi connectivity index (χ0n) is 22.3. The molecule has 0 fully saturated rings. The number of amides is 1. The molecule has 0 saturated carbocycles. The summed E-state index contributed by atoms with van der Waals surface area (Å²) in [4.78, 5) is 25.6. The van der Waals surface area contributed by atoms with Crippen LogP contribution in [0.15, 0.2) is 90.2 Å². The molecular weight excluding hydrogens is 497 g/mol. The van der Waals surface area contributed by atoms with E-state index in [4.69, 9.17) is 9.47 Å². The number of hydrogen-bond donors (Lipinski definition) is 2. The number of carbonyl (C=O) groups is 2. The van der Waals surface area contributed by atoms with Crippen molar-refractivity contribution in [1.82, 2.24) is 0 Å². The van der Waals surface area contributed by atoms with Crippen LogP contribution in [0.5, 0.6) is 0 Å². The van der Waals surface area contributed by atoms with Gasteiger partial charge in [-0.05, 0) is 60.2 Å². The third-order valence-electron chi connectivity index (χ3n) is 7.10. The van der Waals surface area contributed by atoms with Gasteiger partial charge in [0.05, 0.1) is 5.57 Å². The molecule has 1 aliphatic rings. The summed E-state index contributed by atoms with van der Waals surface area (Å²) in [6.45, 7) is 3.98. The lowest BCUT2D eigenvalue weighted by Crippen LogP contribution is -2.41. The van der Waals surface area contributed by atoms with Crippen LogP contribution in [0.3, 0.4) is 0 Å². The van der Waals surface area contributed by atoms with Gasteiger partial charge in [0, 0.05) is 18.0 Å². The summed E-state index contributed by atoms with van der Waals surface area (Å²) in [6, 6.07) is 22.8. The molecule has 0 radical (unpaired) electrons. The SMILES string of the molecule is CCCC1(CCc2ccc(F)cc2)CC(O)=C(C(C)c2cccc(NC(=O)OCc3ccccc3)c2)C(=O)O1. The molecule has 2 unspecified atom stereocenters. The summed E-state index contributed by atoms with van der Waals surface area (Å²) in [6.07, 6.45) is 2.14. The normalized spacial score (nSPS) is 17.9. The number of halogens is 1. The van der Waals surface area contributed by atoms with E-state index in [0.29, 0.717) is 24.9 Å². The summed E-state index contributed by atoms with van der Waals surface area (Å²) in [5.41, 5.74) is 2.47. The maximum absolute atomic E-state index is 13.3. The molecule has 0 aromatic heterocycles. The second-order valence-corrected chi connectivity index (χ2v) is 10.0. The topological polar surface area (TPSA) is 84.9 Å². The van der Waals surface area contributed by atoms with Crippen molar-refractivity contribution in [2.24, 2.45) is 0 Å². The Morgan fingerprint density at radius 2 is 1.79 bits per heavy atom. The Bertz CT molecular complexity index is 1320. The first-order valence-corrected chi connectivity index (χ1v) is 13.3. The molecule has 0 saturated heterocycles. The standard InChI is InChI=1S/C32H34FNO5/c1-3-17-32(18-16-23-12-14-26(33)15-13-23)20-28(35)29(30(36)39-32)22(2)25-10-7-11-27(19-25)34-31(37)38-21-24-8-5-4-6-9-24/h4-15,19,22,35H,3,16-18,20-21H2,1-2H3,(H,34,37). The smallest absolute Gasteiger partial charge is 0.411 e. The van der Waals surface area contributed by atoms with E-state index in [9.17, 15) is 19.1 Å². The van der Waals surface area contributed by atoms with Crippen molar-refractivity contribution < 1.29 is 28.6 Å². The van der Waals surface area contributed by atoms with Crippen LogP contribution in [-0.2, 0) is 27.3 Å². The van der Waals surface area contributed by atoms with E-state index in [-0.39, 0.29) is 30.2 Å². The highest BCUT2D eigenvalue weighted by Gasteiger charge is 2.42. The van der Waals surface area contributed by atoms with Gasteiger partial charge < -0.3 is 14.6 Å². The third-order valence-corrected chi connectivity index (χ3v) is 7.10. The zero-order valence-corrected chi connectivity index (χ0v) is 22.3. The quantitative estimate of drug-likeness (QED) is 0.263. The van der Waals surface area contributed by atoms with Crippen LogP contribution >= 0.6 is 0 Å². The second-order valence-electron chi connectivity index (χ2n) is 10.0. The number of esters is 1. The Kier molecular flexibility index (Phi) is 9.02. The summed E-state index contributed by atoms with van der Waals surface area (Å²) in [5.74, 6) is -1.28. The Hall–Kier alpha value is -4.13. The van der Waals surface area contributed by atoms with Gasteiger partial charge >= 0.3 is 12.1 Å². The van der Waals surface area contributed by atoms with Crippen molar-refractivity contribution in [3.8, 4) is 0 Å². The van der Waals surface area contributed by atoms with Gasteiger partial charge in [0.25, 0.3) is 0 Å². The largest absolute Gasteiger partial charge is 0.512 e. The summed E-state index contributed by atoms with van der Waals surface area (Å²) >= 11 is 0. The molecule has 1 aliphatic heterocycles. The Balaban J connectivity index is 1.44. The van der Waals surface area contributed by atoms with Crippen molar-refractivity contribution in [2.45, 2.75) is 64.1 Å². The molecule has 6 nitrogen and oxygen atoms in total. The van der Waals surface area contributed by atoms with Crippen molar-refractivity contribution in [1.29, 1.82) is 0 Å². The van der Waals surface area contributed by atoms with Crippen LogP contribution in [0.4, 0.5) is 14.9 Å². The van der Waals surface area contributed by atoms with Crippen molar-refractivity contribution in [3.05, 3.63) is 113 Å². The lowest BCUT2D eigenvalue weighted by atomic mass is 9.81. The van der Waals surface area contributed by atoms with Gasteiger partial charge in [-0.15, -0.1) is 0 Å². The number of rotatable bonds is 10. The zero-order chi connectivity index (χ0) is 27.8. The number of benzene rings is 3. The van der Waals surface area contributed by atoms with E-state index >= 15 is 0 Å². The molecule has 1 heterocycles. The van der Waals surface area contributed by atoms with E-state index in [1.807, 2.05) is 50.2 Å². The molecule has 0 bridgehead atoms. The van der Waals surface area contributed by atoms with E-state index in [1.165, 1.54) is 12.1 Å². The van der Waals surface area contributed by atoms with Crippen molar-refractivity contribution >= 4 is 17.7 Å². The highest BCUT2D eigenvalue weighted by molar-refractivity contribution is 5.92. The maximum atomic E-state index is 13.3. The van der Waals surface area contributed by atoms with Gasteiger partial charge in [0.1, 0.15) is 23.8 Å². The molecule has 204 valence electrons. The Morgan fingerprint density at radius 3 is 2.49 bits per heavy atom. The predicted octanol–water partition coefficient (Wildman–Crippen LogP) is 7.61. The number of anilines is 1.